The minimum atomic E-state index is -0.369. The van der Waals surface area contributed by atoms with Crippen LogP contribution in [0.1, 0.15) is 45.7 Å². The van der Waals surface area contributed by atoms with Crippen molar-refractivity contribution in [3.8, 4) is 0 Å². The maximum absolute atomic E-state index is 13.3. The van der Waals surface area contributed by atoms with Crippen molar-refractivity contribution in [3.63, 3.8) is 0 Å². The molecule has 0 aliphatic carbocycles. The summed E-state index contributed by atoms with van der Waals surface area (Å²) in [5.41, 5.74) is 6.94. The molecule has 1 rings (SSSR count). The van der Waals surface area contributed by atoms with Crippen LogP contribution in [0, 0.1) is 11.2 Å². The van der Waals surface area contributed by atoms with Crippen LogP contribution in [0.2, 0.25) is 5.02 Å². The minimum Gasteiger partial charge on any atom is -0.330 e. The highest BCUT2D eigenvalue weighted by molar-refractivity contribution is 6.30. The van der Waals surface area contributed by atoms with Gasteiger partial charge in [0, 0.05) is 12.6 Å². The van der Waals surface area contributed by atoms with Crippen molar-refractivity contribution in [2.45, 2.75) is 40.2 Å². The summed E-state index contributed by atoms with van der Waals surface area (Å²) in [7, 11) is 0. The summed E-state index contributed by atoms with van der Waals surface area (Å²) >= 11 is 5.89. The summed E-state index contributed by atoms with van der Waals surface area (Å²) in [5.74, 6) is -0.369. The molecule has 1 unspecified atom stereocenters. The SMILES string of the molecule is CCCN(CC(C)(C)CN)C(C)c1ccc(F)c(Cl)c1. The lowest BCUT2D eigenvalue weighted by Crippen LogP contribution is -2.40. The van der Waals surface area contributed by atoms with E-state index in [4.69, 9.17) is 17.3 Å². The second kappa shape index (κ2) is 7.39. The molecule has 0 amide bonds. The van der Waals surface area contributed by atoms with Gasteiger partial charge < -0.3 is 5.73 Å². The predicted molar refractivity (Wildman–Crippen MR) is 84.5 cm³/mol. The molecule has 1 aromatic rings. The van der Waals surface area contributed by atoms with Gasteiger partial charge in [-0.1, -0.05) is 38.4 Å². The number of hydrogen-bond donors (Lipinski definition) is 1. The zero-order valence-corrected chi connectivity index (χ0v) is 13.7. The normalized spacial score (nSPS) is 13.8. The Labute approximate surface area is 127 Å². The zero-order valence-electron chi connectivity index (χ0n) is 12.9. The van der Waals surface area contributed by atoms with Crippen LogP contribution in [-0.4, -0.2) is 24.5 Å². The molecule has 2 nitrogen and oxygen atoms in total. The van der Waals surface area contributed by atoms with Crippen molar-refractivity contribution in [3.05, 3.63) is 34.6 Å². The van der Waals surface area contributed by atoms with Crippen molar-refractivity contribution in [2.24, 2.45) is 11.1 Å². The quantitative estimate of drug-likeness (QED) is 0.816. The smallest absolute Gasteiger partial charge is 0.141 e. The van der Waals surface area contributed by atoms with Gasteiger partial charge >= 0.3 is 0 Å². The third-order valence-electron chi connectivity index (χ3n) is 3.67. The van der Waals surface area contributed by atoms with Gasteiger partial charge in [0.15, 0.2) is 0 Å². The first-order chi connectivity index (χ1) is 9.30. The molecule has 4 heteroatoms. The number of hydrogen-bond acceptors (Lipinski definition) is 2. The topological polar surface area (TPSA) is 29.3 Å². The van der Waals surface area contributed by atoms with Gasteiger partial charge in [-0.25, -0.2) is 4.39 Å². The third kappa shape index (κ3) is 4.72. The van der Waals surface area contributed by atoms with Crippen molar-refractivity contribution in [1.29, 1.82) is 0 Å². The van der Waals surface area contributed by atoms with Crippen molar-refractivity contribution in [2.75, 3.05) is 19.6 Å². The molecule has 0 radical (unpaired) electrons. The lowest BCUT2D eigenvalue weighted by molar-refractivity contribution is 0.140. The molecule has 0 heterocycles. The van der Waals surface area contributed by atoms with Crippen molar-refractivity contribution >= 4 is 11.6 Å². The molecule has 0 bridgehead atoms. The van der Waals surface area contributed by atoms with Gasteiger partial charge in [0.1, 0.15) is 5.82 Å². The molecular formula is C16H26ClFN2. The van der Waals surface area contributed by atoms with E-state index in [0.717, 1.165) is 25.1 Å². The van der Waals surface area contributed by atoms with E-state index in [1.807, 2.05) is 6.07 Å². The summed E-state index contributed by atoms with van der Waals surface area (Å²) in [6, 6.07) is 5.16. The Morgan fingerprint density at radius 1 is 1.40 bits per heavy atom. The maximum atomic E-state index is 13.3. The summed E-state index contributed by atoms with van der Waals surface area (Å²) in [5, 5.41) is 0.184. The molecule has 0 aliphatic rings. The van der Waals surface area contributed by atoms with Crippen LogP contribution in [0.4, 0.5) is 4.39 Å². The lowest BCUT2D eigenvalue weighted by Gasteiger charge is -2.36. The molecule has 20 heavy (non-hydrogen) atoms. The molecule has 2 N–H and O–H groups in total. The molecule has 0 aliphatic heterocycles. The number of benzene rings is 1. The second-order valence-corrected chi connectivity index (χ2v) is 6.60. The molecule has 0 aromatic heterocycles. The van der Waals surface area contributed by atoms with Gasteiger partial charge in [-0.3, -0.25) is 4.90 Å². The molecule has 0 fully saturated rings. The first kappa shape index (κ1) is 17.4. The van der Waals surface area contributed by atoms with E-state index in [-0.39, 0.29) is 22.3 Å². The van der Waals surface area contributed by atoms with Crippen molar-refractivity contribution in [1.82, 2.24) is 4.90 Å². The molecule has 0 spiro atoms. The van der Waals surface area contributed by atoms with E-state index >= 15 is 0 Å². The molecule has 0 saturated carbocycles. The average Bonchev–Trinajstić information content (AvgIpc) is 2.40. The highest BCUT2D eigenvalue weighted by atomic mass is 35.5. The second-order valence-electron chi connectivity index (χ2n) is 6.19. The highest BCUT2D eigenvalue weighted by Crippen LogP contribution is 2.27. The van der Waals surface area contributed by atoms with E-state index in [9.17, 15) is 4.39 Å². The van der Waals surface area contributed by atoms with E-state index in [0.29, 0.717) is 6.54 Å². The van der Waals surface area contributed by atoms with Crippen molar-refractivity contribution < 1.29 is 4.39 Å². The standard InChI is InChI=1S/C16H26ClFN2/c1-5-8-20(11-16(3,4)10-19)12(2)13-6-7-15(18)14(17)9-13/h6-7,9,12H,5,8,10-11,19H2,1-4H3. The predicted octanol–water partition coefficient (Wildman–Crippen LogP) is 4.24. The first-order valence-electron chi connectivity index (χ1n) is 7.20. The third-order valence-corrected chi connectivity index (χ3v) is 3.96. The van der Waals surface area contributed by atoms with E-state index < -0.39 is 0 Å². The van der Waals surface area contributed by atoms with Gasteiger partial charge in [-0.15, -0.1) is 0 Å². The van der Waals surface area contributed by atoms with Crippen LogP contribution < -0.4 is 5.73 Å². The fourth-order valence-corrected chi connectivity index (χ4v) is 2.48. The monoisotopic (exact) mass is 300 g/mol. The van der Waals surface area contributed by atoms with Crippen LogP contribution in [0.15, 0.2) is 18.2 Å². The summed E-state index contributed by atoms with van der Waals surface area (Å²) < 4.78 is 13.3. The van der Waals surface area contributed by atoms with E-state index in [2.05, 4.69) is 32.6 Å². The van der Waals surface area contributed by atoms with Gasteiger partial charge in [0.2, 0.25) is 0 Å². The molecule has 1 aromatic carbocycles. The van der Waals surface area contributed by atoms with Crippen LogP contribution in [0.3, 0.4) is 0 Å². The maximum Gasteiger partial charge on any atom is 0.141 e. The summed E-state index contributed by atoms with van der Waals surface area (Å²) in [6.45, 7) is 11.2. The first-order valence-corrected chi connectivity index (χ1v) is 7.57. The number of nitrogens with zero attached hydrogens (tertiary/aromatic N) is 1. The fourth-order valence-electron chi connectivity index (χ4n) is 2.29. The Hall–Kier alpha value is -0.640. The van der Waals surface area contributed by atoms with E-state index in [1.54, 1.807) is 6.07 Å². The van der Waals surface area contributed by atoms with E-state index in [1.165, 1.54) is 6.07 Å². The summed E-state index contributed by atoms with van der Waals surface area (Å²) in [4.78, 5) is 2.39. The van der Waals surface area contributed by atoms with Crippen LogP contribution >= 0.6 is 11.6 Å². The Bertz CT molecular complexity index is 434. The zero-order chi connectivity index (χ0) is 15.3. The van der Waals surface area contributed by atoms with Crippen LogP contribution in [0.5, 0.6) is 0 Å². The van der Waals surface area contributed by atoms with Gasteiger partial charge in [-0.2, -0.15) is 0 Å². The Balaban J connectivity index is 2.92. The average molecular weight is 301 g/mol. The Morgan fingerprint density at radius 3 is 2.55 bits per heavy atom. The fraction of sp³-hybridized carbons (Fsp3) is 0.625. The van der Waals surface area contributed by atoms with Gasteiger partial charge in [0.25, 0.3) is 0 Å². The molecular weight excluding hydrogens is 275 g/mol. The van der Waals surface area contributed by atoms with Crippen LogP contribution in [0.25, 0.3) is 0 Å². The largest absolute Gasteiger partial charge is 0.330 e. The van der Waals surface area contributed by atoms with Crippen LogP contribution in [-0.2, 0) is 0 Å². The Morgan fingerprint density at radius 2 is 2.05 bits per heavy atom. The minimum absolute atomic E-state index is 0.0628. The molecule has 1 atom stereocenters. The highest BCUT2D eigenvalue weighted by Gasteiger charge is 2.24. The molecule has 0 saturated heterocycles. The molecule has 114 valence electrons. The number of halogens is 2. The lowest BCUT2D eigenvalue weighted by atomic mass is 9.91. The number of rotatable bonds is 7. The Kier molecular flexibility index (Phi) is 6.44. The summed E-state index contributed by atoms with van der Waals surface area (Å²) in [6.07, 6.45) is 1.07. The number of nitrogens with two attached hydrogens (primary N) is 1. The van der Waals surface area contributed by atoms with Gasteiger partial charge in [0.05, 0.1) is 5.02 Å². The van der Waals surface area contributed by atoms with Gasteiger partial charge in [-0.05, 0) is 49.5 Å².